The van der Waals surface area contributed by atoms with E-state index in [1.54, 1.807) is 4.68 Å². The lowest BCUT2D eigenvalue weighted by molar-refractivity contribution is -0.130. The molecule has 1 aromatic heterocycles. The number of rotatable bonds is 8. The Bertz CT molecular complexity index is 920. The predicted octanol–water partition coefficient (Wildman–Crippen LogP) is 4.49. The van der Waals surface area contributed by atoms with Crippen LogP contribution < -0.4 is 0 Å². The maximum Gasteiger partial charge on any atom is 0.240 e. The van der Waals surface area contributed by atoms with Gasteiger partial charge in [0.1, 0.15) is 5.25 Å². The zero-order chi connectivity index (χ0) is 20.8. The number of hydrogen-bond acceptors (Lipinski definition) is 5. The number of likely N-dealkylation sites (N-methyl/N-ethyl adjacent to an activating group) is 1. The van der Waals surface area contributed by atoms with E-state index in [0.717, 1.165) is 11.3 Å². The summed E-state index contributed by atoms with van der Waals surface area (Å²) in [6.07, 6.45) is 0. The van der Waals surface area contributed by atoms with Crippen LogP contribution in [0.25, 0.3) is 5.69 Å². The monoisotopic (exact) mass is 409 g/mol. The van der Waals surface area contributed by atoms with Crippen LogP contribution in [0.3, 0.4) is 0 Å². The second kappa shape index (κ2) is 9.69. The summed E-state index contributed by atoms with van der Waals surface area (Å²) in [5, 5.41) is 12.4. The molecule has 3 aromatic rings. The summed E-state index contributed by atoms with van der Waals surface area (Å²) in [5.41, 5.74) is 3.08. The van der Waals surface area contributed by atoms with E-state index >= 15 is 0 Å². The van der Waals surface area contributed by atoms with E-state index in [1.165, 1.54) is 17.3 Å². The minimum Gasteiger partial charge on any atom is -0.342 e. The first-order valence-corrected chi connectivity index (χ1v) is 10.8. The van der Waals surface area contributed by atoms with Crippen LogP contribution in [-0.4, -0.2) is 44.1 Å². The quantitative estimate of drug-likeness (QED) is 0.513. The molecule has 0 spiro atoms. The number of carbonyl (C=O) groups excluding carboxylic acids is 1. The van der Waals surface area contributed by atoms with E-state index in [-0.39, 0.29) is 5.91 Å². The van der Waals surface area contributed by atoms with Gasteiger partial charge in [-0.05, 0) is 53.5 Å². The molecule has 6 nitrogen and oxygen atoms in total. The molecule has 0 radical (unpaired) electrons. The summed E-state index contributed by atoms with van der Waals surface area (Å²) in [7, 11) is 0. The van der Waals surface area contributed by atoms with Crippen molar-refractivity contribution in [1.29, 1.82) is 0 Å². The van der Waals surface area contributed by atoms with E-state index < -0.39 is 5.25 Å². The van der Waals surface area contributed by atoms with Gasteiger partial charge in [0.25, 0.3) is 0 Å². The molecule has 0 bridgehead atoms. The van der Waals surface area contributed by atoms with Crippen molar-refractivity contribution in [3.63, 3.8) is 0 Å². The van der Waals surface area contributed by atoms with Crippen LogP contribution in [0.4, 0.5) is 0 Å². The number of tetrazole rings is 1. The first kappa shape index (κ1) is 21.0. The Kier molecular flexibility index (Phi) is 7.04. The minimum absolute atomic E-state index is 0.0657. The van der Waals surface area contributed by atoms with Crippen molar-refractivity contribution in [2.45, 2.75) is 44.0 Å². The second-order valence-corrected chi connectivity index (χ2v) is 8.11. The van der Waals surface area contributed by atoms with Crippen molar-refractivity contribution in [2.24, 2.45) is 0 Å². The van der Waals surface area contributed by atoms with E-state index in [0.29, 0.717) is 24.2 Å². The molecule has 0 aliphatic heterocycles. The van der Waals surface area contributed by atoms with Crippen molar-refractivity contribution < 1.29 is 4.79 Å². The summed E-state index contributed by atoms with van der Waals surface area (Å²) in [6, 6.07) is 18.0. The average Bonchev–Trinajstić information content (AvgIpc) is 3.21. The van der Waals surface area contributed by atoms with Crippen molar-refractivity contribution in [3.8, 4) is 5.69 Å². The van der Waals surface area contributed by atoms with E-state index in [9.17, 15) is 4.79 Å². The Hall–Kier alpha value is -2.67. The number of hydrogen-bond donors (Lipinski definition) is 0. The summed E-state index contributed by atoms with van der Waals surface area (Å²) in [6.45, 7) is 9.65. The number of nitrogens with zero attached hydrogens (tertiary/aromatic N) is 5. The number of carbonyl (C=O) groups is 1. The molecule has 1 atom stereocenters. The Morgan fingerprint density at radius 2 is 1.66 bits per heavy atom. The zero-order valence-corrected chi connectivity index (χ0v) is 18.1. The molecular formula is C22H27N5OS. The molecule has 0 aliphatic carbocycles. The van der Waals surface area contributed by atoms with Crippen molar-refractivity contribution in [1.82, 2.24) is 25.1 Å². The Morgan fingerprint density at radius 3 is 2.24 bits per heavy atom. The highest BCUT2D eigenvalue weighted by molar-refractivity contribution is 8.00. The van der Waals surface area contributed by atoms with Crippen molar-refractivity contribution >= 4 is 17.7 Å². The van der Waals surface area contributed by atoms with E-state index in [1.807, 2.05) is 61.2 Å². The van der Waals surface area contributed by atoms with Crippen LogP contribution in [0.15, 0.2) is 59.8 Å². The molecule has 0 saturated heterocycles. The Labute approximate surface area is 176 Å². The number of aromatic nitrogens is 4. The van der Waals surface area contributed by atoms with Gasteiger partial charge in [0.05, 0.1) is 5.69 Å². The molecule has 0 aliphatic rings. The van der Waals surface area contributed by atoms with Crippen LogP contribution in [0.2, 0.25) is 0 Å². The molecule has 0 fully saturated rings. The normalized spacial score (nSPS) is 12.2. The van der Waals surface area contributed by atoms with Crippen LogP contribution in [0.5, 0.6) is 0 Å². The Balaban J connectivity index is 1.93. The predicted molar refractivity (Wildman–Crippen MR) is 116 cm³/mol. The number of amides is 1. The van der Waals surface area contributed by atoms with Gasteiger partial charge in [-0.2, -0.15) is 4.68 Å². The smallest absolute Gasteiger partial charge is 0.240 e. The van der Waals surface area contributed by atoms with Crippen molar-refractivity contribution in [3.05, 3.63) is 65.7 Å². The molecule has 29 heavy (non-hydrogen) atoms. The van der Waals surface area contributed by atoms with Gasteiger partial charge < -0.3 is 4.90 Å². The topological polar surface area (TPSA) is 63.9 Å². The van der Waals surface area contributed by atoms with Gasteiger partial charge >= 0.3 is 0 Å². The van der Waals surface area contributed by atoms with Crippen LogP contribution in [0.1, 0.15) is 50.0 Å². The van der Waals surface area contributed by atoms with Crippen molar-refractivity contribution in [2.75, 3.05) is 13.1 Å². The fourth-order valence-corrected chi connectivity index (χ4v) is 4.19. The molecule has 2 aromatic carbocycles. The molecule has 0 unspecified atom stereocenters. The van der Waals surface area contributed by atoms with E-state index in [2.05, 4.69) is 41.5 Å². The lowest BCUT2D eigenvalue weighted by Crippen LogP contribution is -2.34. The number of benzene rings is 2. The van der Waals surface area contributed by atoms with Gasteiger partial charge in [0.2, 0.25) is 11.1 Å². The summed E-state index contributed by atoms with van der Waals surface area (Å²) < 4.78 is 1.69. The van der Waals surface area contributed by atoms with Gasteiger partial charge in [0.15, 0.2) is 0 Å². The first-order chi connectivity index (χ1) is 14.0. The maximum atomic E-state index is 13.2. The highest BCUT2D eigenvalue weighted by Crippen LogP contribution is 2.36. The average molecular weight is 410 g/mol. The third kappa shape index (κ3) is 4.85. The third-order valence-electron chi connectivity index (χ3n) is 4.87. The second-order valence-electron chi connectivity index (χ2n) is 7.04. The maximum absolute atomic E-state index is 13.2. The molecule has 1 heterocycles. The molecular weight excluding hydrogens is 382 g/mol. The fourth-order valence-electron chi connectivity index (χ4n) is 3.11. The number of thioether (sulfide) groups is 1. The third-order valence-corrected chi connectivity index (χ3v) is 6.05. The van der Waals surface area contributed by atoms with Gasteiger partial charge in [0, 0.05) is 13.1 Å². The molecule has 1 amide bonds. The van der Waals surface area contributed by atoms with Crippen LogP contribution in [0, 0.1) is 0 Å². The highest BCUT2D eigenvalue weighted by atomic mass is 32.2. The largest absolute Gasteiger partial charge is 0.342 e. The van der Waals surface area contributed by atoms with Crippen LogP contribution in [-0.2, 0) is 4.79 Å². The fraction of sp³-hybridized carbons (Fsp3) is 0.364. The standard InChI is InChI=1S/C22H27N5OS/c1-5-26(6-2)21(28)20(18-10-8-7-9-11-18)29-22-23-24-25-27(22)19-14-12-17(13-15-19)16(3)4/h7-16,20H,5-6H2,1-4H3/t20-/m0/s1. The molecule has 0 N–H and O–H groups in total. The molecule has 0 saturated carbocycles. The first-order valence-electron chi connectivity index (χ1n) is 9.94. The highest BCUT2D eigenvalue weighted by Gasteiger charge is 2.28. The molecule has 152 valence electrons. The SMILES string of the molecule is CCN(CC)C(=O)[C@@H](Sc1nnnn1-c1ccc(C(C)C)cc1)c1ccccc1. The Morgan fingerprint density at radius 1 is 1.00 bits per heavy atom. The minimum atomic E-state index is -0.407. The van der Waals surface area contributed by atoms with Gasteiger partial charge in [-0.3, -0.25) is 4.79 Å². The summed E-state index contributed by atoms with van der Waals surface area (Å²) in [4.78, 5) is 15.1. The molecule has 3 rings (SSSR count). The summed E-state index contributed by atoms with van der Waals surface area (Å²) in [5.74, 6) is 0.525. The van der Waals surface area contributed by atoms with Crippen LogP contribution >= 0.6 is 11.8 Å². The lowest BCUT2D eigenvalue weighted by atomic mass is 10.0. The van der Waals surface area contributed by atoms with E-state index in [4.69, 9.17) is 0 Å². The van der Waals surface area contributed by atoms with Gasteiger partial charge in [-0.15, -0.1) is 5.10 Å². The lowest BCUT2D eigenvalue weighted by Gasteiger charge is -2.24. The molecule has 7 heteroatoms. The zero-order valence-electron chi connectivity index (χ0n) is 17.3. The van der Waals surface area contributed by atoms with Gasteiger partial charge in [-0.1, -0.05) is 68.1 Å². The summed E-state index contributed by atoms with van der Waals surface area (Å²) >= 11 is 1.38. The van der Waals surface area contributed by atoms with Gasteiger partial charge in [-0.25, -0.2) is 0 Å².